The molecule has 0 radical (unpaired) electrons. The number of halogens is 2. The van der Waals surface area contributed by atoms with Crippen molar-refractivity contribution < 1.29 is 31.9 Å². The SMILES string of the molecule is CCS(=O)(=O)N1CCC(N(CC(=O)O)C(=O)c2ccc(F)c(F)c2)CC1. The van der Waals surface area contributed by atoms with Crippen molar-refractivity contribution in [1.82, 2.24) is 9.21 Å². The van der Waals surface area contributed by atoms with Crippen LogP contribution in [-0.4, -0.2) is 66.0 Å². The fourth-order valence-corrected chi connectivity index (χ4v) is 4.05. The van der Waals surface area contributed by atoms with Gasteiger partial charge in [-0.25, -0.2) is 21.5 Å². The average molecular weight is 390 g/mol. The molecule has 0 spiro atoms. The van der Waals surface area contributed by atoms with E-state index in [-0.39, 0.29) is 37.2 Å². The zero-order valence-electron chi connectivity index (χ0n) is 14.2. The normalized spacial score (nSPS) is 16.4. The van der Waals surface area contributed by atoms with Crippen molar-refractivity contribution in [3.05, 3.63) is 35.4 Å². The van der Waals surface area contributed by atoms with E-state index in [0.29, 0.717) is 0 Å². The molecule has 1 aromatic rings. The second kappa shape index (κ2) is 8.09. The molecule has 0 aromatic heterocycles. The molecule has 7 nitrogen and oxygen atoms in total. The second-order valence-electron chi connectivity index (χ2n) is 5.99. The van der Waals surface area contributed by atoms with Crippen molar-refractivity contribution in [3.8, 4) is 0 Å². The van der Waals surface area contributed by atoms with Crippen LogP contribution in [0, 0.1) is 11.6 Å². The topological polar surface area (TPSA) is 95.0 Å². The Balaban J connectivity index is 2.19. The number of carboxylic acid groups (broad SMARTS) is 1. The third kappa shape index (κ3) is 4.55. The number of nitrogens with zero attached hydrogens (tertiary/aromatic N) is 2. The molecule has 0 bridgehead atoms. The van der Waals surface area contributed by atoms with Gasteiger partial charge in [-0.3, -0.25) is 9.59 Å². The smallest absolute Gasteiger partial charge is 0.323 e. The van der Waals surface area contributed by atoms with Crippen molar-refractivity contribution in [1.29, 1.82) is 0 Å². The summed E-state index contributed by atoms with van der Waals surface area (Å²) in [4.78, 5) is 24.8. The summed E-state index contributed by atoms with van der Waals surface area (Å²) in [5, 5.41) is 9.09. The molecule has 0 atom stereocenters. The highest BCUT2D eigenvalue weighted by atomic mass is 32.2. The number of hydrogen-bond donors (Lipinski definition) is 1. The second-order valence-corrected chi connectivity index (χ2v) is 8.24. The monoisotopic (exact) mass is 390 g/mol. The van der Waals surface area contributed by atoms with E-state index in [1.807, 2.05) is 0 Å². The number of amides is 1. The lowest BCUT2D eigenvalue weighted by Crippen LogP contribution is -2.50. The molecule has 1 fully saturated rings. The van der Waals surface area contributed by atoms with Crippen LogP contribution in [0.4, 0.5) is 8.78 Å². The molecule has 1 saturated heterocycles. The van der Waals surface area contributed by atoms with E-state index in [0.717, 1.165) is 23.1 Å². The van der Waals surface area contributed by atoms with Gasteiger partial charge < -0.3 is 10.0 Å². The summed E-state index contributed by atoms with van der Waals surface area (Å²) in [5.74, 6) is -4.32. The van der Waals surface area contributed by atoms with Crippen LogP contribution in [-0.2, 0) is 14.8 Å². The Labute approximate surface area is 150 Å². The molecule has 1 amide bonds. The molecule has 1 aliphatic heterocycles. The van der Waals surface area contributed by atoms with Crippen LogP contribution in [0.5, 0.6) is 0 Å². The summed E-state index contributed by atoms with van der Waals surface area (Å²) in [5.41, 5.74) is -0.159. The van der Waals surface area contributed by atoms with Crippen LogP contribution in [0.15, 0.2) is 18.2 Å². The molecule has 1 aromatic carbocycles. The number of hydrogen-bond acceptors (Lipinski definition) is 4. The summed E-state index contributed by atoms with van der Waals surface area (Å²) in [6, 6.07) is 2.11. The van der Waals surface area contributed by atoms with E-state index >= 15 is 0 Å². The Morgan fingerprint density at radius 3 is 2.35 bits per heavy atom. The minimum absolute atomic E-state index is 0.0374. The van der Waals surface area contributed by atoms with Gasteiger partial charge in [0, 0.05) is 24.7 Å². The molecule has 0 unspecified atom stereocenters. The van der Waals surface area contributed by atoms with Crippen LogP contribution in [0.1, 0.15) is 30.1 Å². The summed E-state index contributed by atoms with van der Waals surface area (Å²) < 4.78 is 51.6. The van der Waals surface area contributed by atoms with Gasteiger partial charge in [-0.2, -0.15) is 0 Å². The summed E-state index contributed by atoms with van der Waals surface area (Å²) >= 11 is 0. The van der Waals surface area contributed by atoms with Gasteiger partial charge in [-0.15, -0.1) is 0 Å². The first kappa shape index (κ1) is 20.2. The van der Waals surface area contributed by atoms with Crippen LogP contribution < -0.4 is 0 Å². The molecule has 1 aliphatic rings. The van der Waals surface area contributed by atoms with E-state index in [2.05, 4.69) is 0 Å². The number of carbonyl (C=O) groups excluding carboxylic acids is 1. The zero-order valence-corrected chi connectivity index (χ0v) is 15.0. The molecule has 2 rings (SSSR count). The molecule has 1 heterocycles. The third-order valence-corrected chi connectivity index (χ3v) is 6.24. The molecular formula is C16H20F2N2O5S. The summed E-state index contributed by atoms with van der Waals surface area (Å²) in [6.07, 6.45) is 0.532. The summed E-state index contributed by atoms with van der Waals surface area (Å²) in [6.45, 7) is 1.26. The third-order valence-electron chi connectivity index (χ3n) is 4.36. The maximum atomic E-state index is 13.4. The molecule has 26 heavy (non-hydrogen) atoms. The van der Waals surface area contributed by atoms with E-state index in [4.69, 9.17) is 5.11 Å². The Hall–Kier alpha value is -2.07. The number of aliphatic carboxylic acids is 1. The molecule has 0 saturated carbocycles. The molecule has 1 N–H and O–H groups in total. The summed E-state index contributed by atoms with van der Waals surface area (Å²) in [7, 11) is -3.35. The van der Waals surface area contributed by atoms with Gasteiger partial charge in [-0.1, -0.05) is 0 Å². The first-order chi connectivity index (χ1) is 12.2. The lowest BCUT2D eigenvalue weighted by atomic mass is 10.0. The van der Waals surface area contributed by atoms with Gasteiger partial charge in [0.15, 0.2) is 11.6 Å². The van der Waals surface area contributed by atoms with Crippen molar-refractivity contribution in [2.45, 2.75) is 25.8 Å². The molecule has 144 valence electrons. The standard InChI is InChI=1S/C16H20F2N2O5S/c1-2-26(24,25)19-7-5-12(6-8-19)20(10-15(21)22)16(23)11-3-4-13(17)14(18)9-11/h3-4,9,12H,2,5-8,10H2,1H3,(H,21,22). The molecule has 0 aliphatic carbocycles. The minimum atomic E-state index is -3.35. The Morgan fingerprint density at radius 1 is 1.23 bits per heavy atom. The first-order valence-corrected chi connectivity index (χ1v) is 9.72. The Bertz CT molecular complexity index is 792. The van der Waals surface area contributed by atoms with Gasteiger partial charge in [0.05, 0.1) is 5.75 Å². The van der Waals surface area contributed by atoms with Crippen molar-refractivity contribution in [2.24, 2.45) is 0 Å². The zero-order chi connectivity index (χ0) is 19.5. The minimum Gasteiger partial charge on any atom is -0.480 e. The first-order valence-electron chi connectivity index (χ1n) is 8.11. The van der Waals surface area contributed by atoms with Crippen molar-refractivity contribution in [3.63, 3.8) is 0 Å². The fourth-order valence-electron chi connectivity index (χ4n) is 2.92. The van der Waals surface area contributed by atoms with Crippen LogP contribution in [0.25, 0.3) is 0 Å². The van der Waals surface area contributed by atoms with Crippen LogP contribution in [0.3, 0.4) is 0 Å². The lowest BCUT2D eigenvalue weighted by molar-refractivity contribution is -0.138. The fraction of sp³-hybridized carbons (Fsp3) is 0.500. The predicted molar refractivity (Wildman–Crippen MR) is 89.1 cm³/mol. The van der Waals surface area contributed by atoms with E-state index in [1.165, 1.54) is 11.2 Å². The van der Waals surface area contributed by atoms with Crippen LogP contribution in [0.2, 0.25) is 0 Å². The largest absolute Gasteiger partial charge is 0.480 e. The number of piperidine rings is 1. The number of benzene rings is 1. The number of rotatable bonds is 6. The molecule has 10 heteroatoms. The maximum Gasteiger partial charge on any atom is 0.323 e. The van der Waals surface area contributed by atoms with Crippen LogP contribution >= 0.6 is 0 Å². The van der Waals surface area contributed by atoms with Crippen molar-refractivity contribution >= 4 is 21.9 Å². The highest BCUT2D eigenvalue weighted by molar-refractivity contribution is 7.89. The maximum absolute atomic E-state index is 13.4. The highest BCUT2D eigenvalue weighted by Crippen LogP contribution is 2.22. The Morgan fingerprint density at radius 2 is 1.85 bits per heavy atom. The highest BCUT2D eigenvalue weighted by Gasteiger charge is 2.33. The van der Waals surface area contributed by atoms with E-state index in [1.54, 1.807) is 0 Å². The predicted octanol–water partition coefficient (Wildman–Crippen LogP) is 1.31. The van der Waals surface area contributed by atoms with Gasteiger partial charge in [0.25, 0.3) is 5.91 Å². The van der Waals surface area contributed by atoms with Crippen molar-refractivity contribution in [2.75, 3.05) is 25.4 Å². The Kier molecular flexibility index (Phi) is 6.30. The van der Waals surface area contributed by atoms with Gasteiger partial charge >= 0.3 is 5.97 Å². The molecular weight excluding hydrogens is 370 g/mol. The lowest BCUT2D eigenvalue weighted by Gasteiger charge is -2.37. The van der Waals surface area contributed by atoms with Gasteiger partial charge in [-0.05, 0) is 38.0 Å². The average Bonchev–Trinajstić information content (AvgIpc) is 2.61. The van der Waals surface area contributed by atoms with E-state index in [9.17, 15) is 26.8 Å². The number of carboxylic acids is 1. The number of sulfonamides is 1. The van der Waals surface area contributed by atoms with Gasteiger partial charge in [0.1, 0.15) is 6.54 Å². The quantitative estimate of drug-likeness (QED) is 0.790. The van der Waals surface area contributed by atoms with Gasteiger partial charge in [0.2, 0.25) is 10.0 Å². The number of carbonyl (C=O) groups is 2. The van der Waals surface area contributed by atoms with E-state index < -0.39 is 46.1 Å².